The van der Waals surface area contributed by atoms with Crippen LogP contribution in [-0.2, 0) is 13.5 Å². The number of hydrogen-bond donors (Lipinski definition) is 0. The molecule has 4 aromatic rings. The maximum Gasteiger partial charge on any atom is 0.254 e. The minimum atomic E-state index is 0.0631. The predicted molar refractivity (Wildman–Crippen MR) is 132 cm³/mol. The van der Waals surface area contributed by atoms with Crippen LogP contribution in [0.15, 0.2) is 78.9 Å². The second-order valence-electron chi connectivity index (χ2n) is 8.75. The van der Waals surface area contributed by atoms with Gasteiger partial charge in [0.2, 0.25) is 0 Å². The van der Waals surface area contributed by atoms with Crippen molar-refractivity contribution in [2.45, 2.75) is 32.7 Å². The second kappa shape index (κ2) is 9.39. The molecule has 32 heavy (non-hydrogen) atoms. The summed E-state index contributed by atoms with van der Waals surface area (Å²) < 4.78 is 2.17. The van der Waals surface area contributed by atoms with E-state index in [2.05, 4.69) is 49.7 Å². The largest absolute Gasteiger partial charge is 0.338 e. The summed E-state index contributed by atoms with van der Waals surface area (Å²) in [6.45, 7) is 4.37. The van der Waals surface area contributed by atoms with Crippen molar-refractivity contribution in [3.05, 3.63) is 90.3 Å². The van der Waals surface area contributed by atoms with Crippen LogP contribution in [0.4, 0.5) is 0 Å². The van der Waals surface area contributed by atoms with Gasteiger partial charge in [0, 0.05) is 32.1 Å². The van der Waals surface area contributed by atoms with Gasteiger partial charge in [-0.25, -0.2) is 4.98 Å². The number of aromatic nitrogens is 2. The fourth-order valence-corrected chi connectivity index (χ4v) is 4.55. The topological polar surface area (TPSA) is 38.1 Å². The predicted octanol–water partition coefficient (Wildman–Crippen LogP) is 5.97. The molecule has 4 rings (SSSR count). The Morgan fingerprint density at radius 2 is 1.59 bits per heavy atom. The lowest BCUT2D eigenvalue weighted by Crippen LogP contribution is -2.41. The van der Waals surface area contributed by atoms with E-state index >= 15 is 0 Å². The smallest absolute Gasteiger partial charge is 0.254 e. The van der Waals surface area contributed by atoms with Crippen LogP contribution in [-0.4, -0.2) is 33.4 Å². The first-order valence-corrected chi connectivity index (χ1v) is 11.3. The zero-order valence-electron chi connectivity index (χ0n) is 19.3. The Morgan fingerprint density at radius 3 is 2.31 bits per heavy atom. The van der Waals surface area contributed by atoms with Gasteiger partial charge in [-0.3, -0.25) is 4.79 Å². The Kier molecular flexibility index (Phi) is 6.40. The molecule has 164 valence electrons. The van der Waals surface area contributed by atoms with Crippen LogP contribution in [0.3, 0.4) is 0 Å². The average Bonchev–Trinajstić information content (AvgIpc) is 3.14. The summed E-state index contributed by atoms with van der Waals surface area (Å²) in [5.41, 5.74) is 4.94. The average molecular weight is 426 g/mol. The van der Waals surface area contributed by atoms with Crippen LogP contribution >= 0.6 is 0 Å². The normalized spacial score (nSPS) is 12.3. The highest BCUT2D eigenvalue weighted by Gasteiger charge is 2.26. The molecule has 4 nitrogen and oxygen atoms in total. The summed E-state index contributed by atoms with van der Waals surface area (Å²) >= 11 is 0. The highest BCUT2D eigenvalue weighted by atomic mass is 16.2. The summed E-state index contributed by atoms with van der Waals surface area (Å²) in [7, 11) is 4.00. The Morgan fingerprint density at radius 1 is 0.938 bits per heavy atom. The van der Waals surface area contributed by atoms with Gasteiger partial charge >= 0.3 is 0 Å². The van der Waals surface area contributed by atoms with Gasteiger partial charge in [-0.2, -0.15) is 0 Å². The molecule has 0 saturated carbocycles. The molecule has 0 bridgehead atoms. The van der Waals surface area contributed by atoms with E-state index in [0.29, 0.717) is 5.92 Å². The third-order valence-corrected chi connectivity index (χ3v) is 6.37. The first-order chi connectivity index (χ1) is 15.5. The molecule has 0 unspecified atom stereocenters. The molecule has 0 spiro atoms. The van der Waals surface area contributed by atoms with Crippen LogP contribution in [0, 0.1) is 5.92 Å². The standard InChI is InChI=1S/C28H31N3O/c1-20(2)25(18-19-27-29-24-16-10-11-17-26(24)30(27)3)31(4)28(32)23-15-9-8-14-22(23)21-12-6-5-7-13-21/h5-17,20,25H,18-19H2,1-4H3/t25-/m1/s1. The molecule has 0 aliphatic rings. The molecular weight excluding hydrogens is 394 g/mol. The highest BCUT2D eigenvalue weighted by Crippen LogP contribution is 2.27. The number of aryl methyl sites for hydroxylation is 2. The number of para-hydroxylation sites is 2. The number of carbonyl (C=O) groups excluding carboxylic acids is 1. The third-order valence-electron chi connectivity index (χ3n) is 6.37. The molecule has 3 aromatic carbocycles. The third kappa shape index (κ3) is 4.31. The lowest BCUT2D eigenvalue weighted by atomic mass is 9.94. The molecule has 1 aromatic heterocycles. The van der Waals surface area contributed by atoms with Crippen molar-refractivity contribution in [3.8, 4) is 11.1 Å². The van der Waals surface area contributed by atoms with E-state index in [1.807, 2.05) is 66.5 Å². The molecule has 4 heteroatoms. The maximum atomic E-state index is 13.6. The SMILES string of the molecule is CC(C)[C@@H](CCc1nc2ccccc2n1C)N(C)C(=O)c1ccccc1-c1ccccc1. The number of amides is 1. The molecule has 0 saturated heterocycles. The zero-order chi connectivity index (χ0) is 22.7. The monoisotopic (exact) mass is 425 g/mol. The van der Waals surface area contributed by atoms with Gasteiger partial charge in [-0.15, -0.1) is 0 Å². The maximum absolute atomic E-state index is 13.6. The first kappa shape index (κ1) is 21.8. The minimum absolute atomic E-state index is 0.0631. The number of benzene rings is 3. The molecule has 1 amide bonds. The lowest BCUT2D eigenvalue weighted by Gasteiger charge is -2.32. The summed E-state index contributed by atoms with van der Waals surface area (Å²) in [6, 6.07) is 26.3. The van der Waals surface area contributed by atoms with Crippen LogP contribution in [0.1, 0.15) is 36.5 Å². The van der Waals surface area contributed by atoms with Crippen LogP contribution in [0.2, 0.25) is 0 Å². The Labute approximate surface area is 190 Å². The number of imidazole rings is 1. The quantitative estimate of drug-likeness (QED) is 0.366. The van der Waals surface area contributed by atoms with E-state index in [1.165, 1.54) is 0 Å². The van der Waals surface area contributed by atoms with Gasteiger partial charge in [0.15, 0.2) is 0 Å². The van der Waals surface area contributed by atoms with Crippen LogP contribution in [0.25, 0.3) is 22.2 Å². The van der Waals surface area contributed by atoms with Crippen molar-refractivity contribution in [3.63, 3.8) is 0 Å². The van der Waals surface area contributed by atoms with Crippen molar-refractivity contribution in [1.29, 1.82) is 0 Å². The van der Waals surface area contributed by atoms with E-state index in [9.17, 15) is 4.79 Å². The Balaban J connectivity index is 1.57. The molecule has 0 radical (unpaired) electrons. The minimum Gasteiger partial charge on any atom is -0.338 e. The van der Waals surface area contributed by atoms with Crippen molar-refractivity contribution in [2.75, 3.05) is 7.05 Å². The van der Waals surface area contributed by atoms with E-state index < -0.39 is 0 Å². The first-order valence-electron chi connectivity index (χ1n) is 11.3. The molecule has 0 aliphatic carbocycles. The summed E-state index contributed by atoms with van der Waals surface area (Å²) in [4.78, 5) is 20.4. The van der Waals surface area contributed by atoms with E-state index in [0.717, 1.165) is 46.4 Å². The van der Waals surface area contributed by atoms with Gasteiger partial charge in [0.1, 0.15) is 5.82 Å². The fraction of sp³-hybridized carbons (Fsp3) is 0.286. The van der Waals surface area contributed by atoms with E-state index in [-0.39, 0.29) is 11.9 Å². The highest BCUT2D eigenvalue weighted by molar-refractivity contribution is 6.00. The molecule has 0 fully saturated rings. The van der Waals surface area contributed by atoms with Crippen LogP contribution < -0.4 is 0 Å². The van der Waals surface area contributed by atoms with E-state index in [1.54, 1.807) is 0 Å². The summed E-state index contributed by atoms with van der Waals surface area (Å²) in [5, 5.41) is 0. The van der Waals surface area contributed by atoms with Gasteiger partial charge in [0.25, 0.3) is 5.91 Å². The van der Waals surface area contributed by atoms with Gasteiger partial charge in [-0.05, 0) is 41.7 Å². The number of hydrogen-bond acceptors (Lipinski definition) is 2. The van der Waals surface area contributed by atoms with Gasteiger partial charge < -0.3 is 9.47 Å². The summed E-state index contributed by atoms with van der Waals surface area (Å²) in [5.74, 6) is 1.46. The lowest BCUT2D eigenvalue weighted by molar-refractivity contribution is 0.0678. The second-order valence-corrected chi connectivity index (χ2v) is 8.75. The summed E-state index contributed by atoms with van der Waals surface area (Å²) in [6.07, 6.45) is 1.69. The van der Waals surface area contributed by atoms with Gasteiger partial charge in [-0.1, -0.05) is 74.5 Å². The number of nitrogens with zero attached hydrogens (tertiary/aromatic N) is 3. The van der Waals surface area contributed by atoms with E-state index in [4.69, 9.17) is 4.98 Å². The Bertz CT molecular complexity index is 1210. The van der Waals surface area contributed by atoms with Gasteiger partial charge in [0.05, 0.1) is 11.0 Å². The zero-order valence-corrected chi connectivity index (χ0v) is 19.3. The Hall–Kier alpha value is -3.40. The van der Waals surface area contributed by atoms with Crippen molar-refractivity contribution in [1.82, 2.24) is 14.5 Å². The van der Waals surface area contributed by atoms with Crippen molar-refractivity contribution >= 4 is 16.9 Å². The molecule has 1 heterocycles. The van der Waals surface area contributed by atoms with Crippen molar-refractivity contribution < 1.29 is 4.79 Å². The molecule has 1 atom stereocenters. The number of rotatable bonds is 7. The molecule has 0 aliphatic heterocycles. The molecular formula is C28H31N3O. The van der Waals surface area contributed by atoms with Crippen molar-refractivity contribution in [2.24, 2.45) is 13.0 Å². The number of fused-ring (bicyclic) bond motifs is 1. The van der Waals surface area contributed by atoms with Crippen LogP contribution in [0.5, 0.6) is 0 Å². The molecule has 0 N–H and O–H groups in total. The number of carbonyl (C=O) groups is 1. The fourth-order valence-electron chi connectivity index (χ4n) is 4.55.